The summed E-state index contributed by atoms with van der Waals surface area (Å²) in [6.45, 7) is 6.95. The highest BCUT2D eigenvalue weighted by Gasteiger charge is 2.58. The largest absolute Gasteiger partial charge is 0.431 e. The van der Waals surface area contributed by atoms with Crippen LogP contribution in [0.5, 0.6) is 0 Å². The van der Waals surface area contributed by atoms with E-state index in [1.807, 2.05) is 70.5 Å². The van der Waals surface area contributed by atoms with Crippen LogP contribution in [0.1, 0.15) is 50.2 Å². The number of hydrogen-bond donors (Lipinski definition) is 0. The van der Waals surface area contributed by atoms with Crippen molar-refractivity contribution in [3.63, 3.8) is 0 Å². The Labute approximate surface area is 208 Å². The Morgan fingerprint density at radius 1 is 0.914 bits per heavy atom. The molecule has 2 amide bonds. The number of rotatable bonds is 7. The highest BCUT2D eigenvalue weighted by Crippen LogP contribution is 2.46. The fourth-order valence-corrected chi connectivity index (χ4v) is 6.10. The van der Waals surface area contributed by atoms with Crippen LogP contribution in [-0.2, 0) is 15.1 Å². The van der Waals surface area contributed by atoms with Gasteiger partial charge in [0.2, 0.25) is 5.91 Å². The second kappa shape index (κ2) is 10.4. The summed E-state index contributed by atoms with van der Waals surface area (Å²) in [4.78, 5) is 33.1. The second-order valence-electron chi connectivity index (χ2n) is 10.2. The zero-order valence-corrected chi connectivity index (χ0v) is 20.8. The maximum Gasteiger partial charge on any atom is 0.411 e. The van der Waals surface area contributed by atoms with Gasteiger partial charge in [-0.3, -0.25) is 9.69 Å². The number of carbonyl (C=O) groups excluding carboxylic acids is 2. The van der Waals surface area contributed by atoms with Crippen LogP contribution in [0.2, 0.25) is 0 Å². The van der Waals surface area contributed by atoms with E-state index in [4.69, 9.17) is 4.74 Å². The molecule has 0 bridgehead atoms. The van der Waals surface area contributed by atoms with Crippen molar-refractivity contribution >= 4 is 12.0 Å². The number of piperidine rings is 1. The minimum atomic E-state index is -0.929. The lowest BCUT2D eigenvalue weighted by Crippen LogP contribution is -2.59. The van der Waals surface area contributed by atoms with Crippen molar-refractivity contribution in [3.05, 3.63) is 71.8 Å². The highest BCUT2D eigenvalue weighted by atomic mass is 16.6. The Morgan fingerprint density at radius 3 is 2.14 bits per heavy atom. The molecule has 1 unspecified atom stereocenters. The van der Waals surface area contributed by atoms with E-state index in [0.717, 1.165) is 43.6 Å². The van der Waals surface area contributed by atoms with Gasteiger partial charge in [-0.05, 0) is 38.9 Å². The first-order valence-electron chi connectivity index (χ1n) is 13.2. The van der Waals surface area contributed by atoms with Gasteiger partial charge in [-0.25, -0.2) is 4.79 Å². The molecule has 186 valence electrons. The van der Waals surface area contributed by atoms with Gasteiger partial charge >= 0.3 is 6.09 Å². The third kappa shape index (κ3) is 4.56. The average molecular weight is 476 g/mol. The van der Waals surface area contributed by atoms with Crippen molar-refractivity contribution in [1.29, 1.82) is 0 Å². The number of benzene rings is 2. The van der Waals surface area contributed by atoms with E-state index >= 15 is 0 Å². The maximum absolute atomic E-state index is 13.6. The summed E-state index contributed by atoms with van der Waals surface area (Å²) < 4.78 is 6.24. The molecule has 3 aliphatic rings. The number of carbonyl (C=O) groups is 2. The molecule has 0 aromatic heterocycles. The van der Waals surface area contributed by atoms with Crippen molar-refractivity contribution < 1.29 is 14.3 Å². The fourth-order valence-electron chi connectivity index (χ4n) is 6.10. The molecule has 2 aromatic carbocycles. The number of amides is 2. The van der Waals surface area contributed by atoms with E-state index in [1.165, 1.54) is 19.3 Å². The third-order valence-corrected chi connectivity index (χ3v) is 8.06. The molecular weight excluding hydrogens is 438 g/mol. The van der Waals surface area contributed by atoms with E-state index in [2.05, 4.69) is 11.8 Å². The average Bonchev–Trinajstić information content (AvgIpc) is 3.22. The molecule has 35 heavy (non-hydrogen) atoms. The van der Waals surface area contributed by atoms with Crippen LogP contribution in [0, 0.1) is 5.92 Å². The van der Waals surface area contributed by atoms with Crippen molar-refractivity contribution in [3.8, 4) is 0 Å². The van der Waals surface area contributed by atoms with Gasteiger partial charge in [0.25, 0.3) is 0 Å². The number of unbranched alkanes of at least 4 members (excludes halogenated alkanes) is 2. The summed E-state index contributed by atoms with van der Waals surface area (Å²) in [5.41, 5.74) is 0.963. The zero-order chi connectivity index (χ0) is 24.3. The molecule has 3 heterocycles. The first kappa shape index (κ1) is 23.9. The quantitative estimate of drug-likeness (QED) is 0.554. The molecule has 3 fully saturated rings. The number of cyclic esters (lactones) is 1. The molecule has 3 saturated heterocycles. The van der Waals surface area contributed by atoms with Crippen LogP contribution in [-0.4, -0.2) is 72.0 Å². The molecule has 6 heteroatoms. The summed E-state index contributed by atoms with van der Waals surface area (Å²) in [7, 11) is 0. The molecule has 0 N–H and O–H groups in total. The van der Waals surface area contributed by atoms with Gasteiger partial charge < -0.3 is 14.5 Å². The zero-order valence-electron chi connectivity index (χ0n) is 20.8. The Balaban J connectivity index is 1.35. The van der Waals surface area contributed by atoms with E-state index < -0.39 is 5.60 Å². The Hall–Kier alpha value is -2.86. The topological polar surface area (TPSA) is 53.1 Å². The molecule has 0 aliphatic carbocycles. The number of ether oxygens (including phenoxy) is 1. The van der Waals surface area contributed by atoms with E-state index in [1.54, 1.807) is 0 Å². The standard InChI is InChI=1S/C29H37N3O3/c1-2-3-10-17-30-18-15-23(16-19-30)27(33)31-20-21-32-26(22-31)29(35-28(32)34,24-11-6-4-7-12-24)25-13-8-5-9-14-25/h4-9,11-14,23,26H,2-3,10,15-22H2,1H3. The van der Waals surface area contributed by atoms with Crippen molar-refractivity contribution in [2.75, 3.05) is 39.3 Å². The molecule has 5 rings (SSSR count). The van der Waals surface area contributed by atoms with Crippen LogP contribution in [0.4, 0.5) is 4.79 Å². The monoisotopic (exact) mass is 475 g/mol. The molecule has 6 nitrogen and oxygen atoms in total. The first-order chi connectivity index (χ1) is 17.1. The van der Waals surface area contributed by atoms with Gasteiger partial charge in [-0.2, -0.15) is 0 Å². The van der Waals surface area contributed by atoms with Crippen LogP contribution in [0.3, 0.4) is 0 Å². The number of hydrogen-bond acceptors (Lipinski definition) is 4. The fraction of sp³-hybridized carbons (Fsp3) is 0.517. The summed E-state index contributed by atoms with van der Waals surface area (Å²) in [6, 6.07) is 19.7. The first-order valence-corrected chi connectivity index (χ1v) is 13.2. The van der Waals surface area contributed by atoms with Gasteiger partial charge in [-0.1, -0.05) is 80.4 Å². The number of nitrogens with zero attached hydrogens (tertiary/aromatic N) is 3. The maximum atomic E-state index is 13.6. The molecule has 1 atom stereocenters. The predicted molar refractivity (Wildman–Crippen MR) is 136 cm³/mol. The minimum absolute atomic E-state index is 0.0739. The Bertz CT molecular complexity index is 965. The van der Waals surface area contributed by atoms with Gasteiger partial charge in [0.1, 0.15) is 6.04 Å². The van der Waals surface area contributed by atoms with Gasteiger partial charge in [0, 0.05) is 36.7 Å². The van der Waals surface area contributed by atoms with Crippen LogP contribution in [0.25, 0.3) is 0 Å². The number of piperazine rings is 1. The Morgan fingerprint density at radius 2 is 1.54 bits per heavy atom. The van der Waals surface area contributed by atoms with Gasteiger partial charge in [-0.15, -0.1) is 0 Å². The number of fused-ring (bicyclic) bond motifs is 1. The molecule has 0 spiro atoms. The SMILES string of the molecule is CCCCCN1CCC(C(=O)N2CCN3C(=O)OC(c4ccccc4)(c4ccccc4)C3C2)CC1. The van der Waals surface area contributed by atoms with E-state index in [0.29, 0.717) is 19.6 Å². The normalized spacial score (nSPS) is 22.7. The van der Waals surface area contributed by atoms with Crippen LogP contribution >= 0.6 is 0 Å². The lowest BCUT2D eigenvalue weighted by Gasteiger charge is -2.43. The van der Waals surface area contributed by atoms with Gasteiger partial charge in [0.05, 0.1) is 0 Å². The van der Waals surface area contributed by atoms with Crippen LogP contribution in [0.15, 0.2) is 60.7 Å². The highest BCUT2D eigenvalue weighted by molar-refractivity contribution is 5.80. The van der Waals surface area contributed by atoms with Crippen LogP contribution < -0.4 is 0 Å². The summed E-state index contributed by atoms with van der Waals surface area (Å²) >= 11 is 0. The predicted octanol–water partition coefficient (Wildman–Crippen LogP) is 4.50. The molecule has 0 radical (unpaired) electrons. The smallest absolute Gasteiger partial charge is 0.411 e. The summed E-state index contributed by atoms with van der Waals surface area (Å²) in [6.07, 6.45) is 5.31. The van der Waals surface area contributed by atoms with E-state index in [-0.39, 0.29) is 24.0 Å². The molecule has 3 aliphatic heterocycles. The molecular formula is C29H37N3O3. The van der Waals surface area contributed by atoms with Crippen molar-refractivity contribution in [1.82, 2.24) is 14.7 Å². The molecule has 0 saturated carbocycles. The second-order valence-corrected chi connectivity index (χ2v) is 10.2. The summed E-state index contributed by atoms with van der Waals surface area (Å²) in [5.74, 6) is 0.317. The Kier molecular flexibility index (Phi) is 7.09. The van der Waals surface area contributed by atoms with Gasteiger partial charge in [0.15, 0.2) is 5.60 Å². The van der Waals surface area contributed by atoms with Crippen molar-refractivity contribution in [2.24, 2.45) is 5.92 Å². The lowest BCUT2D eigenvalue weighted by atomic mass is 9.79. The van der Waals surface area contributed by atoms with Crippen molar-refractivity contribution in [2.45, 2.75) is 50.7 Å². The van der Waals surface area contributed by atoms with E-state index in [9.17, 15) is 9.59 Å². The lowest BCUT2D eigenvalue weighted by molar-refractivity contribution is -0.140. The molecule has 2 aromatic rings. The summed E-state index contributed by atoms with van der Waals surface area (Å²) in [5, 5.41) is 0. The minimum Gasteiger partial charge on any atom is -0.431 e. The third-order valence-electron chi connectivity index (χ3n) is 8.06. The number of likely N-dealkylation sites (tertiary alicyclic amines) is 1.